The number of piperidine rings is 1. The Balaban J connectivity index is 2.36. The van der Waals surface area contributed by atoms with Crippen molar-refractivity contribution in [3.05, 3.63) is 0 Å². The van der Waals surface area contributed by atoms with Crippen LogP contribution in [0.3, 0.4) is 0 Å². The van der Waals surface area contributed by atoms with Gasteiger partial charge in [-0.05, 0) is 51.2 Å². The summed E-state index contributed by atoms with van der Waals surface area (Å²) in [7, 11) is 2.26. The number of carbonyl (C=O) groups excluding carboxylic acids is 1. The molecule has 3 heteroatoms. The molecule has 0 saturated carbocycles. The van der Waals surface area contributed by atoms with Crippen molar-refractivity contribution in [1.82, 2.24) is 9.80 Å². The largest absolute Gasteiger partial charge is 0.343 e. The fraction of sp³-hybridized carbons (Fsp3) is 0.944. The fourth-order valence-electron chi connectivity index (χ4n) is 3.41. The number of hydrogen-bond acceptors (Lipinski definition) is 2. The lowest BCUT2D eigenvalue weighted by Crippen LogP contribution is -2.43. The molecule has 124 valence electrons. The van der Waals surface area contributed by atoms with Crippen molar-refractivity contribution in [2.24, 2.45) is 5.41 Å². The number of rotatable bonds is 9. The van der Waals surface area contributed by atoms with Gasteiger partial charge < -0.3 is 9.80 Å². The van der Waals surface area contributed by atoms with Crippen LogP contribution in [0, 0.1) is 5.41 Å². The number of amides is 1. The molecule has 0 N–H and O–H groups in total. The molecule has 1 aliphatic rings. The summed E-state index contributed by atoms with van der Waals surface area (Å²) >= 11 is 0. The van der Waals surface area contributed by atoms with Crippen molar-refractivity contribution in [1.29, 1.82) is 0 Å². The lowest BCUT2D eigenvalue weighted by Gasteiger charge is -2.42. The lowest BCUT2D eigenvalue weighted by atomic mass is 9.73. The molecule has 3 nitrogen and oxygen atoms in total. The Morgan fingerprint density at radius 3 is 2.29 bits per heavy atom. The van der Waals surface area contributed by atoms with Crippen molar-refractivity contribution in [3.8, 4) is 0 Å². The van der Waals surface area contributed by atoms with E-state index in [-0.39, 0.29) is 0 Å². The molecule has 0 spiro atoms. The standard InChI is InChI=1S/C18H36N2O/c1-5-8-9-13-19(4)14-10-18(7-3)11-15-20(16-12-18)17(21)6-2/h5-16H2,1-4H3. The molecule has 0 aromatic rings. The second-order valence-corrected chi connectivity index (χ2v) is 6.85. The first kappa shape index (κ1) is 18.5. The Morgan fingerprint density at radius 1 is 1.10 bits per heavy atom. The normalized spacial score (nSPS) is 18.2. The van der Waals surface area contributed by atoms with Crippen LogP contribution >= 0.6 is 0 Å². The highest BCUT2D eigenvalue weighted by atomic mass is 16.2. The fourth-order valence-corrected chi connectivity index (χ4v) is 3.41. The average Bonchev–Trinajstić information content (AvgIpc) is 2.53. The third-order valence-corrected chi connectivity index (χ3v) is 5.40. The van der Waals surface area contributed by atoms with Gasteiger partial charge in [-0.15, -0.1) is 0 Å². The number of hydrogen-bond donors (Lipinski definition) is 0. The highest BCUT2D eigenvalue weighted by molar-refractivity contribution is 5.75. The molecule has 1 amide bonds. The summed E-state index contributed by atoms with van der Waals surface area (Å²) in [6.45, 7) is 10.9. The maximum atomic E-state index is 11.8. The van der Waals surface area contributed by atoms with E-state index in [0.717, 1.165) is 13.1 Å². The van der Waals surface area contributed by atoms with E-state index in [4.69, 9.17) is 0 Å². The molecule has 0 bridgehead atoms. The lowest BCUT2D eigenvalue weighted by molar-refractivity contribution is -0.133. The van der Waals surface area contributed by atoms with E-state index in [1.165, 1.54) is 58.0 Å². The first-order valence-electron chi connectivity index (χ1n) is 9.03. The predicted octanol–water partition coefficient (Wildman–Crippen LogP) is 3.93. The van der Waals surface area contributed by atoms with Gasteiger partial charge in [0.25, 0.3) is 0 Å². The van der Waals surface area contributed by atoms with E-state index in [9.17, 15) is 4.79 Å². The summed E-state index contributed by atoms with van der Waals surface area (Å²) in [5, 5.41) is 0. The topological polar surface area (TPSA) is 23.6 Å². The van der Waals surface area contributed by atoms with Gasteiger partial charge >= 0.3 is 0 Å². The Bertz CT molecular complexity index is 296. The van der Waals surface area contributed by atoms with Crippen molar-refractivity contribution in [2.45, 2.75) is 72.1 Å². The monoisotopic (exact) mass is 296 g/mol. The van der Waals surface area contributed by atoms with E-state index >= 15 is 0 Å². The van der Waals surface area contributed by atoms with Crippen LogP contribution in [0.25, 0.3) is 0 Å². The van der Waals surface area contributed by atoms with Crippen molar-refractivity contribution in [2.75, 3.05) is 33.2 Å². The summed E-state index contributed by atoms with van der Waals surface area (Å²) in [5.74, 6) is 0.330. The number of likely N-dealkylation sites (tertiary alicyclic amines) is 1. The minimum absolute atomic E-state index is 0.330. The van der Waals surface area contributed by atoms with Crippen LogP contribution in [0.5, 0.6) is 0 Å². The average molecular weight is 296 g/mol. The van der Waals surface area contributed by atoms with Gasteiger partial charge in [0.15, 0.2) is 0 Å². The highest BCUT2D eigenvalue weighted by Crippen LogP contribution is 2.38. The third kappa shape index (κ3) is 5.98. The molecule has 0 aromatic carbocycles. The molecule has 21 heavy (non-hydrogen) atoms. The van der Waals surface area contributed by atoms with Crippen LogP contribution in [0.1, 0.15) is 72.1 Å². The van der Waals surface area contributed by atoms with Gasteiger partial charge in [-0.1, -0.05) is 40.0 Å². The van der Waals surface area contributed by atoms with Gasteiger partial charge in [-0.2, -0.15) is 0 Å². The Hall–Kier alpha value is -0.570. The van der Waals surface area contributed by atoms with Crippen LogP contribution in [0.2, 0.25) is 0 Å². The van der Waals surface area contributed by atoms with Crippen LogP contribution in [-0.2, 0) is 4.79 Å². The van der Waals surface area contributed by atoms with Crippen LogP contribution < -0.4 is 0 Å². The molecule has 1 saturated heterocycles. The van der Waals surface area contributed by atoms with Gasteiger partial charge in [0.05, 0.1) is 0 Å². The second kappa shape index (κ2) is 9.45. The molecule has 0 aliphatic carbocycles. The van der Waals surface area contributed by atoms with Crippen LogP contribution in [0.4, 0.5) is 0 Å². The first-order chi connectivity index (χ1) is 10.1. The molecule has 0 radical (unpaired) electrons. The zero-order valence-electron chi connectivity index (χ0n) is 14.8. The van der Waals surface area contributed by atoms with E-state index in [2.05, 4.69) is 30.7 Å². The molecule has 0 atom stereocenters. The summed E-state index contributed by atoms with van der Waals surface area (Å²) in [5.41, 5.74) is 0.476. The highest BCUT2D eigenvalue weighted by Gasteiger charge is 2.33. The van der Waals surface area contributed by atoms with E-state index < -0.39 is 0 Å². The third-order valence-electron chi connectivity index (χ3n) is 5.40. The van der Waals surface area contributed by atoms with Crippen molar-refractivity contribution in [3.63, 3.8) is 0 Å². The van der Waals surface area contributed by atoms with Gasteiger partial charge in [0.2, 0.25) is 5.91 Å². The number of carbonyl (C=O) groups is 1. The maximum absolute atomic E-state index is 11.8. The smallest absolute Gasteiger partial charge is 0.222 e. The molecule has 1 fully saturated rings. The SMILES string of the molecule is CCCCCN(C)CCC1(CC)CCN(C(=O)CC)CC1. The molecule has 0 aromatic heterocycles. The Morgan fingerprint density at radius 2 is 1.76 bits per heavy atom. The molecule has 0 unspecified atom stereocenters. The Labute approximate surface area is 132 Å². The van der Waals surface area contributed by atoms with Crippen LogP contribution in [0.15, 0.2) is 0 Å². The minimum atomic E-state index is 0.330. The van der Waals surface area contributed by atoms with Gasteiger partial charge in [0, 0.05) is 19.5 Å². The van der Waals surface area contributed by atoms with E-state index in [1.807, 2.05) is 6.92 Å². The number of unbranched alkanes of at least 4 members (excludes halogenated alkanes) is 2. The van der Waals surface area contributed by atoms with Crippen molar-refractivity contribution < 1.29 is 4.79 Å². The molecule has 1 aliphatic heterocycles. The molecular formula is C18H36N2O. The summed E-state index contributed by atoms with van der Waals surface area (Å²) in [4.78, 5) is 16.4. The minimum Gasteiger partial charge on any atom is -0.343 e. The Kier molecular flexibility index (Phi) is 8.31. The first-order valence-corrected chi connectivity index (χ1v) is 9.03. The zero-order valence-corrected chi connectivity index (χ0v) is 14.8. The van der Waals surface area contributed by atoms with E-state index in [0.29, 0.717) is 17.7 Å². The zero-order chi connectivity index (χ0) is 15.7. The predicted molar refractivity (Wildman–Crippen MR) is 90.5 cm³/mol. The molecule has 1 heterocycles. The van der Waals surface area contributed by atoms with Gasteiger partial charge in [0.1, 0.15) is 0 Å². The number of nitrogens with zero attached hydrogens (tertiary/aromatic N) is 2. The van der Waals surface area contributed by atoms with Crippen molar-refractivity contribution >= 4 is 5.91 Å². The van der Waals surface area contributed by atoms with Crippen LogP contribution in [-0.4, -0.2) is 48.9 Å². The summed E-state index contributed by atoms with van der Waals surface area (Å²) in [6.07, 6.45) is 9.55. The summed E-state index contributed by atoms with van der Waals surface area (Å²) < 4.78 is 0. The second-order valence-electron chi connectivity index (χ2n) is 6.85. The van der Waals surface area contributed by atoms with Gasteiger partial charge in [-0.25, -0.2) is 0 Å². The quantitative estimate of drug-likeness (QED) is 0.602. The summed E-state index contributed by atoms with van der Waals surface area (Å²) in [6, 6.07) is 0. The van der Waals surface area contributed by atoms with E-state index in [1.54, 1.807) is 0 Å². The maximum Gasteiger partial charge on any atom is 0.222 e. The molecular weight excluding hydrogens is 260 g/mol. The van der Waals surface area contributed by atoms with Gasteiger partial charge in [-0.3, -0.25) is 4.79 Å². The molecule has 1 rings (SSSR count).